The first kappa shape index (κ1) is 22.4. The van der Waals surface area contributed by atoms with E-state index in [4.69, 9.17) is 5.73 Å². The van der Waals surface area contributed by atoms with Gasteiger partial charge in [-0.15, -0.1) is 10.2 Å². The number of aromatic nitrogens is 5. The maximum atomic E-state index is 13.2. The number of rotatable bonds is 6. The van der Waals surface area contributed by atoms with Crippen LogP contribution >= 0.6 is 0 Å². The zero-order chi connectivity index (χ0) is 22.8. The number of Topliss-reactive ketones (excluding diaryl/α,β-unsaturated/α-hetero) is 1. The Morgan fingerprint density at radius 1 is 1.12 bits per heavy atom. The van der Waals surface area contributed by atoms with Crippen molar-refractivity contribution in [3.8, 4) is 0 Å². The molecule has 2 aliphatic heterocycles. The van der Waals surface area contributed by atoms with Crippen LogP contribution in [0.25, 0.3) is 0 Å². The van der Waals surface area contributed by atoms with Gasteiger partial charge in [0.25, 0.3) is 5.56 Å². The molecule has 0 aliphatic carbocycles. The number of nitrogens with zero attached hydrogens (tertiary/aromatic N) is 6. The summed E-state index contributed by atoms with van der Waals surface area (Å²) in [5.74, 6) is 1.94. The van der Waals surface area contributed by atoms with Gasteiger partial charge in [0.1, 0.15) is 23.0 Å². The molecule has 0 radical (unpaired) electrons. The lowest BCUT2D eigenvalue weighted by molar-refractivity contribution is 0.0902. The molecule has 1 fully saturated rings. The predicted octanol–water partition coefficient (Wildman–Crippen LogP) is 0.919. The number of piperidine rings is 1. The van der Waals surface area contributed by atoms with Crippen molar-refractivity contribution >= 4 is 11.6 Å². The standard InChI is InChI=1S/C22H33N7O3/c1-3-10-29-19(23)18(21(31)26(2)22(29)32)16(30)14-27-11-7-8-15(13-27)20-25-24-17-9-5-4-6-12-28(17)20/h15H,3-14,23H2,1-2H3. The third kappa shape index (κ3) is 4.15. The van der Waals surface area contributed by atoms with Crippen LogP contribution in [0, 0.1) is 0 Å². The van der Waals surface area contributed by atoms with Crippen LogP contribution in [0.5, 0.6) is 0 Å². The molecular formula is C22H33N7O3. The number of aryl methyl sites for hydroxylation is 1. The number of ketones is 1. The number of likely N-dealkylation sites (tertiary alicyclic amines) is 1. The highest BCUT2D eigenvalue weighted by Gasteiger charge is 2.30. The Hall–Kier alpha value is -2.75. The van der Waals surface area contributed by atoms with Gasteiger partial charge in [-0.05, 0) is 38.6 Å². The van der Waals surface area contributed by atoms with E-state index in [1.54, 1.807) is 0 Å². The van der Waals surface area contributed by atoms with Crippen molar-refractivity contribution in [3.63, 3.8) is 0 Å². The summed E-state index contributed by atoms with van der Waals surface area (Å²) < 4.78 is 4.57. The van der Waals surface area contributed by atoms with E-state index in [0.717, 1.165) is 61.4 Å². The fourth-order valence-electron chi connectivity index (χ4n) is 4.99. The van der Waals surface area contributed by atoms with Crippen molar-refractivity contribution in [3.05, 3.63) is 38.1 Å². The SMILES string of the molecule is CCCn1c(N)c(C(=O)CN2CCCC(c3nnc4n3CCCCC4)C2)c(=O)n(C)c1=O. The third-order valence-corrected chi connectivity index (χ3v) is 6.69. The molecule has 1 unspecified atom stereocenters. The molecule has 2 aliphatic rings. The van der Waals surface area contributed by atoms with Crippen LogP contribution in [0.2, 0.25) is 0 Å². The lowest BCUT2D eigenvalue weighted by Crippen LogP contribution is -2.45. The average molecular weight is 444 g/mol. The molecule has 174 valence electrons. The van der Waals surface area contributed by atoms with Crippen molar-refractivity contribution in [2.75, 3.05) is 25.4 Å². The second kappa shape index (κ2) is 9.40. The Morgan fingerprint density at radius 3 is 2.72 bits per heavy atom. The molecule has 0 bridgehead atoms. The van der Waals surface area contributed by atoms with Gasteiger partial charge in [0.05, 0.1) is 6.54 Å². The highest BCUT2D eigenvalue weighted by Crippen LogP contribution is 2.28. The summed E-state index contributed by atoms with van der Waals surface area (Å²) in [6, 6.07) is 0. The molecule has 2 aromatic rings. The van der Waals surface area contributed by atoms with Crippen LogP contribution in [0.15, 0.2) is 9.59 Å². The van der Waals surface area contributed by atoms with Crippen LogP contribution < -0.4 is 17.0 Å². The number of anilines is 1. The molecule has 2 N–H and O–H groups in total. The van der Waals surface area contributed by atoms with E-state index >= 15 is 0 Å². The second-order valence-corrected chi connectivity index (χ2v) is 8.99. The first-order valence-electron chi connectivity index (χ1n) is 11.7. The molecule has 1 saturated heterocycles. The smallest absolute Gasteiger partial charge is 0.332 e. The fourth-order valence-corrected chi connectivity index (χ4v) is 4.99. The Labute approximate surface area is 187 Å². The summed E-state index contributed by atoms with van der Waals surface area (Å²) in [5.41, 5.74) is 4.93. The van der Waals surface area contributed by atoms with Crippen molar-refractivity contribution in [1.82, 2.24) is 28.8 Å². The minimum atomic E-state index is -0.624. The fraction of sp³-hybridized carbons (Fsp3) is 0.682. The van der Waals surface area contributed by atoms with Gasteiger partial charge in [0.15, 0.2) is 5.78 Å². The highest BCUT2D eigenvalue weighted by atomic mass is 16.2. The number of carbonyl (C=O) groups is 1. The molecule has 32 heavy (non-hydrogen) atoms. The van der Waals surface area contributed by atoms with Gasteiger partial charge >= 0.3 is 5.69 Å². The number of fused-ring (bicyclic) bond motifs is 1. The molecular weight excluding hydrogens is 410 g/mol. The highest BCUT2D eigenvalue weighted by molar-refractivity contribution is 6.01. The average Bonchev–Trinajstić information content (AvgIpc) is 3.04. The van der Waals surface area contributed by atoms with Gasteiger partial charge in [0, 0.05) is 39.0 Å². The second-order valence-electron chi connectivity index (χ2n) is 8.99. The maximum absolute atomic E-state index is 13.2. The number of carbonyl (C=O) groups excluding carboxylic acids is 1. The van der Waals surface area contributed by atoms with E-state index in [0.29, 0.717) is 19.5 Å². The number of nitrogen functional groups attached to an aromatic ring is 1. The van der Waals surface area contributed by atoms with Crippen LogP contribution in [-0.2, 0) is 26.6 Å². The van der Waals surface area contributed by atoms with Crippen molar-refractivity contribution < 1.29 is 4.79 Å². The molecule has 10 heteroatoms. The Balaban J connectivity index is 1.54. The molecule has 10 nitrogen and oxygen atoms in total. The van der Waals surface area contributed by atoms with Crippen LogP contribution in [0.1, 0.15) is 73.4 Å². The largest absolute Gasteiger partial charge is 0.384 e. The van der Waals surface area contributed by atoms with Gasteiger partial charge in [-0.2, -0.15) is 0 Å². The third-order valence-electron chi connectivity index (χ3n) is 6.69. The minimum Gasteiger partial charge on any atom is -0.384 e. The van der Waals surface area contributed by atoms with Gasteiger partial charge in [-0.1, -0.05) is 13.3 Å². The van der Waals surface area contributed by atoms with E-state index in [-0.39, 0.29) is 29.6 Å². The van der Waals surface area contributed by atoms with E-state index in [2.05, 4.69) is 19.7 Å². The van der Waals surface area contributed by atoms with Gasteiger partial charge in [0.2, 0.25) is 0 Å². The van der Waals surface area contributed by atoms with Gasteiger partial charge < -0.3 is 10.3 Å². The van der Waals surface area contributed by atoms with Crippen molar-refractivity contribution in [2.45, 2.75) is 70.9 Å². The summed E-state index contributed by atoms with van der Waals surface area (Å²) in [7, 11) is 1.39. The first-order valence-corrected chi connectivity index (χ1v) is 11.7. The monoisotopic (exact) mass is 443 g/mol. The molecule has 0 aromatic carbocycles. The Kier molecular flexibility index (Phi) is 6.59. The summed E-state index contributed by atoms with van der Waals surface area (Å²) >= 11 is 0. The normalized spacial score (nSPS) is 19.5. The number of hydrogen-bond donors (Lipinski definition) is 1. The molecule has 0 amide bonds. The summed E-state index contributed by atoms with van der Waals surface area (Å²) in [6.07, 6.45) is 7.11. The Bertz CT molecular complexity index is 1110. The lowest BCUT2D eigenvalue weighted by Gasteiger charge is -2.32. The molecule has 4 rings (SSSR count). The number of hydrogen-bond acceptors (Lipinski definition) is 7. The molecule has 0 saturated carbocycles. The maximum Gasteiger partial charge on any atom is 0.332 e. The van der Waals surface area contributed by atoms with Crippen LogP contribution in [0.4, 0.5) is 5.82 Å². The quantitative estimate of drug-likeness (QED) is 0.659. The molecule has 2 aromatic heterocycles. The van der Waals surface area contributed by atoms with Gasteiger partial charge in [-0.25, -0.2) is 4.79 Å². The van der Waals surface area contributed by atoms with E-state index < -0.39 is 11.2 Å². The molecule has 1 atom stereocenters. The molecule has 0 spiro atoms. The van der Waals surface area contributed by atoms with Crippen molar-refractivity contribution in [1.29, 1.82) is 0 Å². The summed E-state index contributed by atoms with van der Waals surface area (Å²) in [4.78, 5) is 40.3. The van der Waals surface area contributed by atoms with Crippen molar-refractivity contribution in [2.24, 2.45) is 7.05 Å². The Morgan fingerprint density at radius 2 is 1.94 bits per heavy atom. The van der Waals surface area contributed by atoms with Crippen LogP contribution in [0.3, 0.4) is 0 Å². The predicted molar refractivity (Wildman–Crippen MR) is 121 cm³/mol. The minimum absolute atomic E-state index is 0.0266. The molecule has 4 heterocycles. The summed E-state index contributed by atoms with van der Waals surface area (Å²) in [5, 5.41) is 8.93. The van der Waals surface area contributed by atoms with E-state index in [9.17, 15) is 14.4 Å². The lowest BCUT2D eigenvalue weighted by atomic mass is 9.96. The zero-order valence-corrected chi connectivity index (χ0v) is 19.0. The van der Waals surface area contributed by atoms with E-state index in [1.807, 2.05) is 6.92 Å². The number of nitrogens with two attached hydrogens (primary N) is 1. The summed E-state index contributed by atoms with van der Waals surface area (Å²) in [6.45, 7) is 4.80. The topological polar surface area (TPSA) is 121 Å². The van der Waals surface area contributed by atoms with E-state index in [1.165, 1.54) is 18.0 Å². The first-order chi connectivity index (χ1) is 15.4. The van der Waals surface area contributed by atoms with Gasteiger partial charge in [-0.3, -0.25) is 23.6 Å². The zero-order valence-electron chi connectivity index (χ0n) is 19.0. The van der Waals surface area contributed by atoms with Crippen LogP contribution in [-0.4, -0.2) is 54.2 Å².